The van der Waals surface area contributed by atoms with Crippen molar-refractivity contribution in [1.29, 1.82) is 0 Å². The Morgan fingerprint density at radius 1 is 1.29 bits per heavy atom. The number of hydrogen-bond acceptors (Lipinski definition) is 3. The average molecular weight is 243 g/mol. The van der Waals surface area contributed by atoms with E-state index in [0.717, 1.165) is 0 Å². The van der Waals surface area contributed by atoms with E-state index < -0.39 is 5.97 Å². The number of amides is 1. The predicted molar refractivity (Wildman–Crippen MR) is 62.4 cm³/mol. The van der Waals surface area contributed by atoms with E-state index in [1.54, 1.807) is 0 Å². The lowest BCUT2D eigenvalue weighted by molar-refractivity contribution is -0.137. The Morgan fingerprint density at radius 3 is 2.35 bits per heavy atom. The minimum absolute atomic E-state index is 0.0319. The van der Waals surface area contributed by atoms with Gasteiger partial charge in [0, 0.05) is 24.3 Å². The Hall–Kier alpha value is -1.10. The van der Waals surface area contributed by atoms with Crippen molar-refractivity contribution in [2.75, 3.05) is 0 Å². The maximum Gasteiger partial charge on any atom is 0.303 e. The molecule has 3 N–H and O–H groups in total. The van der Waals surface area contributed by atoms with Crippen molar-refractivity contribution in [3.63, 3.8) is 0 Å². The van der Waals surface area contributed by atoms with E-state index >= 15 is 0 Å². The first-order valence-corrected chi connectivity index (χ1v) is 6.03. The molecule has 5 nitrogen and oxygen atoms in total. The molecule has 1 fully saturated rings. The minimum atomic E-state index is -0.825. The van der Waals surface area contributed by atoms with Gasteiger partial charge in [0.05, 0.1) is 6.10 Å². The molecule has 2 atom stereocenters. The normalized spacial score (nSPS) is 26.1. The molecule has 0 radical (unpaired) electrons. The summed E-state index contributed by atoms with van der Waals surface area (Å²) >= 11 is 0. The molecule has 1 aliphatic carbocycles. The molecule has 0 bridgehead atoms. The van der Waals surface area contributed by atoms with Crippen LogP contribution in [0.25, 0.3) is 0 Å². The van der Waals surface area contributed by atoms with Gasteiger partial charge < -0.3 is 15.5 Å². The van der Waals surface area contributed by atoms with Crippen molar-refractivity contribution in [3.8, 4) is 0 Å². The van der Waals surface area contributed by atoms with Crippen LogP contribution in [0.2, 0.25) is 0 Å². The number of aliphatic carboxylic acids is 1. The number of hydrogen-bond donors (Lipinski definition) is 3. The molecule has 1 amide bonds. The zero-order chi connectivity index (χ0) is 13.1. The van der Waals surface area contributed by atoms with Crippen molar-refractivity contribution < 1.29 is 19.8 Å². The van der Waals surface area contributed by atoms with E-state index in [1.807, 2.05) is 13.8 Å². The molecule has 0 aliphatic heterocycles. The van der Waals surface area contributed by atoms with Crippen LogP contribution in [0.15, 0.2) is 0 Å². The molecule has 0 heterocycles. The molecule has 0 saturated heterocycles. The molecule has 0 spiro atoms. The molecular weight excluding hydrogens is 222 g/mol. The summed E-state index contributed by atoms with van der Waals surface area (Å²) in [6, 6.07) is 0.0319. The lowest BCUT2D eigenvalue weighted by Crippen LogP contribution is -2.61. The van der Waals surface area contributed by atoms with Crippen molar-refractivity contribution in [2.24, 2.45) is 5.41 Å². The molecule has 2 unspecified atom stereocenters. The molecule has 5 heteroatoms. The number of aliphatic hydroxyl groups excluding tert-OH is 1. The van der Waals surface area contributed by atoms with E-state index in [-0.39, 0.29) is 29.9 Å². The largest absolute Gasteiger partial charge is 0.481 e. The maximum absolute atomic E-state index is 11.5. The summed E-state index contributed by atoms with van der Waals surface area (Å²) in [6.45, 7) is 3.85. The van der Waals surface area contributed by atoms with Gasteiger partial charge in [-0.1, -0.05) is 13.8 Å². The highest BCUT2D eigenvalue weighted by Crippen LogP contribution is 2.40. The monoisotopic (exact) mass is 243 g/mol. The summed E-state index contributed by atoms with van der Waals surface area (Å²) in [7, 11) is 0. The highest BCUT2D eigenvalue weighted by Gasteiger charge is 2.47. The van der Waals surface area contributed by atoms with Crippen LogP contribution in [0.1, 0.15) is 46.0 Å². The third-order valence-electron chi connectivity index (χ3n) is 3.60. The quantitative estimate of drug-likeness (QED) is 0.605. The molecule has 0 aromatic heterocycles. The van der Waals surface area contributed by atoms with Crippen molar-refractivity contribution in [2.45, 2.75) is 58.1 Å². The topological polar surface area (TPSA) is 86.6 Å². The predicted octanol–water partition coefficient (Wildman–Crippen LogP) is 0.907. The van der Waals surface area contributed by atoms with Gasteiger partial charge in [-0.3, -0.25) is 9.59 Å². The summed E-state index contributed by atoms with van der Waals surface area (Å²) in [5, 5.41) is 20.8. The fraction of sp³-hybridized carbons (Fsp3) is 0.833. The number of carboxylic acids is 1. The Morgan fingerprint density at radius 2 is 1.88 bits per heavy atom. The summed E-state index contributed by atoms with van der Waals surface area (Å²) in [4.78, 5) is 21.8. The number of nitrogens with one attached hydrogen (secondary N) is 1. The first-order valence-electron chi connectivity index (χ1n) is 6.03. The van der Waals surface area contributed by atoms with Crippen LogP contribution in [0.3, 0.4) is 0 Å². The van der Waals surface area contributed by atoms with Gasteiger partial charge in [0.25, 0.3) is 0 Å². The Kier molecular flexibility index (Phi) is 4.51. The van der Waals surface area contributed by atoms with Crippen LogP contribution in [0, 0.1) is 5.41 Å². The third kappa shape index (κ3) is 3.70. The molecule has 98 valence electrons. The van der Waals surface area contributed by atoms with Crippen LogP contribution in [-0.4, -0.2) is 34.2 Å². The number of aliphatic hydroxyl groups is 1. The highest BCUT2D eigenvalue weighted by atomic mass is 16.4. The number of carbonyl (C=O) groups excluding carboxylic acids is 1. The number of carboxylic acid groups (broad SMARTS) is 1. The number of rotatable bonds is 6. The van der Waals surface area contributed by atoms with E-state index in [2.05, 4.69) is 5.32 Å². The van der Waals surface area contributed by atoms with Crippen LogP contribution in [0.4, 0.5) is 0 Å². The van der Waals surface area contributed by atoms with Crippen LogP contribution >= 0.6 is 0 Å². The van der Waals surface area contributed by atoms with Gasteiger partial charge in [-0.2, -0.15) is 0 Å². The highest BCUT2D eigenvalue weighted by molar-refractivity contribution is 5.76. The van der Waals surface area contributed by atoms with Crippen LogP contribution in [-0.2, 0) is 9.59 Å². The van der Waals surface area contributed by atoms with Gasteiger partial charge in [-0.05, 0) is 19.3 Å². The fourth-order valence-corrected chi connectivity index (χ4v) is 1.98. The summed E-state index contributed by atoms with van der Waals surface area (Å²) in [5.74, 6) is -0.881. The molecule has 1 saturated carbocycles. The van der Waals surface area contributed by atoms with Crippen molar-refractivity contribution in [1.82, 2.24) is 5.32 Å². The fourth-order valence-electron chi connectivity index (χ4n) is 1.98. The minimum Gasteiger partial charge on any atom is -0.481 e. The van der Waals surface area contributed by atoms with Crippen molar-refractivity contribution in [3.05, 3.63) is 0 Å². The third-order valence-corrected chi connectivity index (χ3v) is 3.60. The number of unbranched alkanes of at least 4 members (excludes halogenated alkanes) is 1. The average Bonchev–Trinajstić information content (AvgIpc) is 2.24. The Balaban J connectivity index is 2.16. The zero-order valence-corrected chi connectivity index (χ0v) is 10.4. The lowest BCUT2D eigenvalue weighted by atomic mass is 9.64. The van der Waals surface area contributed by atoms with Crippen LogP contribution < -0.4 is 5.32 Å². The Labute approximate surface area is 101 Å². The maximum atomic E-state index is 11.5. The van der Waals surface area contributed by atoms with E-state index in [1.165, 1.54) is 0 Å². The SMILES string of the molecule is CC1(C)C(O)CC1NC(=O)CCCCC(=O)O. The second-order valence-electron chi connectivity index (χ2n) is 5.29. The molecule has 0 aromatic carbocycles. The first-order chi connectivity index (χ1) is 7.84. The molecule has 17 heavy (non-hydrogen) atoms. The van der Waals surface area contributed by atoms with Gasteiger partial charge in [0.1, 0.15) is 0 Å². The van der Waals surface area contributed by atoms with Gasteiger partial charge in [0.2, 0.25) is 5.91 Å². The van der Waals surface area contributed by atoms with E-state index in [9.17, 15) is 14.7 Å². The Bertz CT molecular complexity index is 301. The smallest absolute Gasteiger partial charge is 0.303 e. The second-order valence-corrected chi connectivity index (χ2v) is 5.29. The zero-order valence-electron chi connectivity index (χ0n) is 10.4. The molecule has 0 aromatic rings. The van der Waals surface area contributed by atoms with E-state index in [4.69, 9.17) is 5.11 Å². The van der Waals surface area contributed by atoms with Gasteiger partial charge >= 0.3 is 5.97 Å². The van der Waals surface area contributed by atoms with E-state index in [0.29, 0.717) is 25.7 Å². The standard InChI is InChI=1S/C12H21NO4/c1-12(2)8(7-9(12)14)13-10(15)5-3-4-6-11(16)17/h8-9,14H,3-7H2,1-2H3,(H,13,15)(H,16,17). The second kappa shape index (κ2) is 5.49. The van der Waals surface area contributed by atoms with Gasteiger partial charge in [0.15, 0.2) is 0 Å². The van der Waals surface area contributed by atoms with Crippen LogP contribution in [0.5, 0.6) is 0 Å². The summed E-state index contributed by atoms with van der Waals surface area (Å²) in [5.41, 5.74) is -0.253. The number of carbonyl (C=O) groups is 2. The molecular formula is C12H21NO4. The van der Waals surface area contributed by atoms with Gasteiger partial charge in [-0.15, -0.1) is 0 Å². The summed E-state index contributed by atoms with van der Waals surface area (Å²) in [6.07, 6.45) is 1.85. The summed E-state index contributed by atoms with van der Waals surface area (Å²) < 4.78 is 0. The van der Waals surface area contributed by atoms with Crippen molar-refractivity contribution >= 4 is 11.9 Å². The first kappa shape index (κ1) is 14.0. The molecule has 1 aliphatic rings. The van der Waals surface area contributed by atoms with Gasteiger partial charge in [-0.25, -0.2) is 0 Å². The molecule has 1 rings (SSSR count). The lowest BCUT2D eigenvalue weighted by Gasteiger charge is -2.49.